The maximum absolute atomic E-state index is 9.19. The van der Waals surface area contributed by atoms with Gasteiger partial charge in [0.1, 0.15) is 6.29 Å². The van der Waals surface area contributed by atoms with E-state index in [0.717, 1.165) is 6.29 Å². The Kier molecular flexibility index (Phi) is 7.23. The Morgan fingerprint density at radius 2 is 1.67 bits per heavy atom. The number of carbonyl (C=O) groups excluding carboxylic acids is 1. The zero-order valence-corrected chi connectivity index (χ0v) is 6.18. The van der Waals surface area contributed by atoms with Gasteiger partial charge in [-0.05, 0) is 0 Å². The van der Waals surface area contributed by atoms with Crippen LogP contribution in [0.5, 0.6) is 0 Å². The Bertz CT molecular complexity index is 138. The Morgan fingerprint density at radius 1 is 1.56 bits per heavy atom. The van der Waals surface area contributed by atoms with Crippen molar-refractivity contribution in [1.82, 2.24) is 0 Å². The third kappa shape index (κ3) is 702. The van der Waals surface area contributed by atoms with Crippen molar-refractivity contribution in [2.24, 2.45) is 0 Å². The number of carbonyl (C=O) groups is 1. The van der Waals surface area contributed by atoms with Crippen LogP contribution in [0, 0.1) is 0 Å². The van der Waals surface area contributed by atoms with Crippen molar-refractivity contribution in [1.29, 1.82) is 0 Å². The second-order valence-electron chi connectivity index (χ2n) is 1.31. The topological polar surface area (TPSA) is 71.4 Å². The molecule has 0 aliphatic rings. The van der Waals surface area contributed by atoms with Gasteiger partial charge >= 0.3 is 0 Å². The predicted molar refractivity (Wildman–Crippen MR) is 33.8 cm³/mol. The lowest BCUT2D eigenvalue weighted by atomic mass is 10.6. The molecule has 0 aromatic carbocycles. The van der Waals surface area contributed by atoms with Gasteiger partial charge < -0.3 is 4.79 Å². The van der Waals surface area contributed by atoms with Gasteiger partial charge in [0.05, 0.1) is 6.26 Å². The molecule has 0 aromatic heterocycles. The van der Waals surface area contributed by atoms with Gasteiger partial charge in [-0.3, -0.25) is 4.55 Å². The minimum atomic E-state index is -3.67. The third-order valence-corrected chi connectivity index (χ3v) is 0.167. The van der Waals surface area contributed by atoms with Crippen LogP contribution in [-0.2, 0) is 14.9 Å². The van der Waals surface area contributed by atoms with Gasteiger partial charge in [0, 0.05) is 6.42 Å². The van der Waals surface area contributed by atoms with Crippen LogP contribution in [0.25, 0.3) is 0 Å². The molecule has 4 nitrogen and oxygen atoms in total. The average Bonchev–Trinajstić information content (AvgIpc) is 1.61. The van der Waals surface area contributed by atoms with Gasteiger partial charge in [-0.2, -0.15) is 8.42 Å². The molecule has 5 heteroatoms. The smallest absolute Gasteiger partial charge is 0.261 e. The molecule has 0 aliphatic carbocycles. The number of rotatable bonds is 1. The number of aldehydes is 1. The molecule has 0 radical (unpaired) electrons. The van der Waals surface area contributed by atoms with Gasteiger partial charge in [0.2, 0.25) is 0 Å². The van der Waals surface area contributed by atoms with E-state index in [9.17, 15) is 13.2 Å². The Balaban J connectivity index is 0. The zero-order valence-electron chi connectivity index (χ0n) is 5.36. The fraction of sp³-hybridized carbons (Fsp3) is 0.750. The fourth-order valence-electron chi connectivity index (χ4n) is 0. The Labute approximate surface area is 54.6 Å². The van der Waals surface area contributed by atoms with Gasteiger partial charge in [-0.15, -0.1) is 0 Å². The van der Waals surface area contributed by atoms with Crippen molar-refractivity contribution in [3.8, 4) is 0 Å². The summed E-state index contributed by atoms with van der Waals surface area (Å²) in [6, 6.07) is 0. The normalized spacial score (nSPS) is 9.22. The van der Waals surface area contributed by atoms with Crippen molar-refractivity contribution in [3.05, 3.63) is 0 Å². The highest BCUT2D eigenvalue weighted by Gasteiger charge is 1.81. The van der Waals surface area contributed by atoms with Crippen molar-refractivity contribution in [3.63, 3.8) is 0 Å². The third-order valence-electron chi connectivity index (χ3n) is 0.167. The second-order valence-corrected chi connectivity index (χ2v) is 2.77. The summed E-state index contributed by atoms with van der Waals surface area (Å²) >= 11 is 0. The van der Waals surface area contributed by atoms with E-state index in [2.05, 4.69) is 0 Å². The van der Waals surface area contributed by atoms with Gasteiger partial charge in [0.15, 0.2) is 0 Å². The van der Waals surface area contributed by atoms with Crippen molar-refractivity contribution >= 4 is 16.4 Å². The molecule has 9 heavy (non-hydrogen) atoms. The number of hydrogen-bond donors (Lipinski definition) is 1. The molecular weight excluding hydrogens is 144 g/mol. The Hall–Kier alpha value is -0.420. The van der Waals surface area contributed by atoms with Crippen LogP contribution in [-0.4, -0.2) is 25.5 Å². The van der Waals surface area contributed by atoms with Crippen LogP contribution < -0.4 is 0 Å². The van der Waals surface area contributed by atoms with E-state index in [1.807, 2.05) is 6.92 Å². The standard InChI is InChI=1S/C3H6O.CH4O3S/c1-2-3-4;1-5(2,3)4/h3H,2H2,1H3;1H3,(H,2,3,4). The molecule has 1 N–H and O–H groups in total. The summed E-state index contributed by atoms with van der Waals surface area (Å²) < 4.78 is 25.9. The van der Waals surface area contributed by atoms with Crippen LogP contribution >= 0.6 is 0 Å². The van der Waals surface area contributed by atoms with E-state index in [-0.39, 0.29) is 0 Å². The van der Waals surface area contributed by atoms with Crippen LogP contribution in [0.2, 0.25) is 0 Å². The van der Waals surface area contributed by atoms with Crippen molar-refractivity contribution in [2.75, 3.05) is 6.26 Å². The molecule has 0 unspecified atom stereocenters. The van der Waals surface area contributed by atoms with Gasteiger partial charge in [0.25, 0.3) is 10.1 Å². The summed E-state index contributed by atoms with van der Waals surface area (Å²) in [4.78, 5) is 9.17. The maximum Gasteiger partial charge on any atom is 0.261 e. The molecule has 0 aromatic rings. The van der Waals surface area contributed by atoms with E-state index >= 15 is 0 Å². The molecule has 0 atom stereocenters. The fourth-order valence-corrected chi connectivity index (χ4v) is 0. The van der Waals surface area contributed by atoms with Gasteiger partial charge in [-0.1, -0.05) is 6.92 Å². The molecule has 0 spiro atoms. The first-order valence-corrected chi connectivity index (χ1v) is 4.12. The first-order chi connectivity index (χ1) is 3.91. The summed E-state index contributed by atoms with van der Waals surface area (Å²) in [6.07, 6.45) is 2.23. The number of hydrogen-bond acceptors (Lipinski definition) is 3. The van der Waals surface area contributed by atoms with Crippen LogP contribution in [0.1, 0.15) is 13.3 Å². The van der Waals surface area contributed by atoms with Crippen LogP contribution in [0.3, 0.4) is 0 Å². The van der Waals surface area contributed by atoms with Crippen LogP contribution in [0.15, 0.2) is 0 Å². The van der Waals surface area contributed by atoms with Crippen LogP contribution in [0.4, 0.5) is 0 Å². The molecular formula is C4H10O4S. The quantitative estimate of drug-likeness (QED) is 0.429. The van der Waals surface area contributed by atoms with E-state index in [0.29, 0.717) is 12.7 Å². The van der Waals surface area contributed by atoms with Gasteiger partial charge in [-0.25, -0.2) is 0 Å². The predicted octanol–water partition coefficient (Wildman–Crippen LogP) is 0.0993. The summed E-state index contributed by atoms with van der Waals surface area (Å²) in [5.41, 5.74) is 0. The molecule has 0 fully saturated rings. The first-order valence-electron chi connectivity index (χ1n) is 2.28. The summed E-state index contributed by atoms with van der Waals surface area (Å²) in [5.74, 6) is 0. The van der Waals surface area contributed by atoms with E-state index < -0.39 is 10.1 Å². The minimum Gasteiger partial charge on any atom is -0.303 e. The molecule has 0 aliphatic heterocycles. The summed E-state index contributed by atoms with van der Waals surface area (Å²) in [5, 5.41) is 0. The highest BCUT2D eigenvalue weighted by Crippen LogP contribution is 1.60. The van der Waals surface area contributed by atoms with E-state index in [1.165, 1.54) is 0 Å². The maximum atomic E-state index is 9.19. The molecule has 0 amide bonds. The van der Waals surface area contributed by atoms with Crippen molar-refractivity contribution in [2.45, 2.75) is 13.3 Å². The lowest BCUT2D eigenvalue weighted by Crippen LogP contribution is -1.88. The SMILES string of the molecule is CCC=O.CS(=O)(=O)O. The molecule has 0 saturated carbocycles. The average molecular weight is 154 g/mol. The second kappa shape index (κ2) is 5.71. The van der Waals surface area contributed by atoms with E-state index in [1.54, 1.807) is 0 Å². The first kappa shape index (κ1) is 11.4. The lowest BCUT2D eigenvalue weighted by Gasteiger charge is -1.69. The zero-order chi connectivity index (χ0) is 7.91. The molecule has 0 rings (SSSR count). The lowest BCUT2D eigenvalue weighted by molar-refractivity contribution is -0.107. The largest absolute Gasteiger partial charge is 0.303 e. The molecule has 0 saturated heterocycles. The monoisotopic (exact) mass is 154 g/mol. The highest BCUT2D eigenvalue weighted by molar-refractivity contribution is 7.85. The van der Waals surface area contributed by atoms with E-state index in [4.69, 9.17) is 4.55 Å². The minimum absolute atomic E-state index is 0.639. The summed E-state index contributed by atoms with van der Waals surface area (Å²) in [7, 11) is -3.67. The molecule has 0 bridgehead atoms. The van der Waals surface area contributed by atoms with Crippen molar-refractivity contribution < 1.29 is 17.8 Å². The highest BCUT2D eigenvalue weighted by atomic mass is 32.2. The summed E-state index contributed by atoms with van der Waals surface area (Å²) in [6.45, 7) is 1.81. The molecule has 56 valence electrons. The Morgan fingerprint density at radius 3 is 1.67 bits per heavy atom. The molecule has 0 heterocycles.